The molecule has 3 heterocycles. The lowest BCUT2D eigenvalue weighted by Crippen LogP contribution is -2.39. The fourth-order valence-electron chi connectivity index (χ4n) is 4.37. The number of halogens is 1. The summed E-state index contributed by atoms with van der Waals surface area (Å²) in [4.78, 5) is 14.0. The van der Waals surface area contributed by atoms with Crippen LogP contribution in [-0.4, -0.2) is 44.8 Å². The molecule has 2 aliphatic rings. The van der Waals surface area contributed by atoms with Gasteiger partial charge in [0.1, 0.15) is 22.9 Å². The molecular weight excluding hydrogens is 399 g/mol. The average molecular weight is 422 g/mol. The zero-order valence-corrected chi connectivity index (χ0v) is 16.9. The van der Waals surface area contributed by atoms with E-state index in [9.17, 15) is 9.18 Å². The first-order valence-electron chi connectivity index (χ1n) is 10.4. The third-order valence-corrected chi connectivity index (χ3v) is 6.13. The van der Waals surface area contributed by atoms with Crippen LogP contribution < -0.4 is 10.2 Å². The van der Waals surface area contributed by atoms with Crippen molar-refractivity contribution in [2.75, 3.05) is 23.3 Å². The molecule has 1 N–H and O–H groups in total. The molecule has 2 fully saturated rings. The van der Waals surface area contributed by atoms with Crippen molar-refractivity contribution in [3.05, 3.63) is 60.8 Å². The molecule has 1 aliphatic carbocycles. The first-order valence-corrected chi connectivity index (χ1v) is 10.4. The maximum atomic E-state index is 13.9. The van der Waals surface area contributed by atoms with E-state index in [0.717, 1.165) is 32.2 Å². The number of carbonyl (C=O) groups is 1. The Morgan fingerprint density at radius 3 is 2.77 bits per heavy atom. The maximum Gasteiger partial charge on any atom is 0.415 e. The van der Waals surface area contributed by atoms with Gasteiger partial charge in [0.2, 0.25) is 0 Å². The van der Waals surface area contributed by atoms with Crippen molar-refractivity contribution in [1.82, 2.24) is 20.0 Å². The second-order valence-corrected chi connectivity index (χ2v) is 8.16. The number of ether oxygens (including phenoxy) is 1. The van der Waals surface area contributed by atoms with Crippen LogP contribution in [0.15, 0.2) is 55.0 Å². The molecule has 0 bridgehead atoms. The first kappa shape index (κ1) is 19.5. The minimum absolute atomic E-state index is 0.308. The Morgan fingerprint density at radius 1 is 1.16 bits per heavy atom. The molecule has 1 spiro atoms. The fourth-order valence-corrected chi connectivity index (χ4v) is 4.37. The highest BCUT2D eigenvalue weighted by Gasteiger charge is 2.47. The van der Waals surface area contributed by atoms with Gasteiger partial charge in [-0.2, -0.15) is 15.3 Å². The van der Waals surface area contributed by atoms with Crippen LogP contribution in [0.4, 0.5) is 20.7 Å². The Labute approximate surface area is 179 Å². The third-order valence-electron chi connectivity index (χ3n) is 6.13. The van der Waals surface area contributed by atoms with Gasteiger partial charge in [-0.15, -0.1) is 0 Å². The number of rotatable bonds is 5. The number of amides is 1. The standard InChI is InChI=1S/C22H23FN6O2/c23-18-3-1-2-4-19(18)29-12-8-20(27-29)24-13-16-5-9-22(10-6-16)15-28(21(30)31-22)17-7-11-25-26-14-17/h1-4,7-8,11-12,14,16H,5-6,9-10,13,15H2,(H,24,27). The van der Waals surface area contributed by atoms with Gasteiger partial charge in [0.15, 0.2) is 0 Å². The number of nitrogens with zero attached hydrogens (tertiary/aromatic N) is 5. The molecular formula is C22H23FN6O2. The molecule has 2 aromatic heterocycles. The number of anilines is 2. The number of nitrogens with one attached hydrogen (secondary N) is 1. The van der Waals surface area contributed by atoms with Crippen molar-refractivity contribution >= 4 is 17.6 Å². The first-order chi connectivity index (χ1) is 15.1. The van der Waals surface area contributed by atoms with E-state index in [4.69, 9.17) is 4.74 Å². The van der Waals surface area contributed by atoms with E-state index < -0.39 is 5.60 Å². The van der Waals surface area contributed by atoms with Crippen LogP contribution in [-0.2, 0) is 4.74 Å². The summed E-state index contributed by atoms with van der Waals surface area (Å²) in [6.07, 6.45) is 8.14. The number of benzene rings is 1. The highest BCUT2D eigenvalue weighted by Crippen LogP contribution is 2.40. The van der Waals surface area contributed by atoms with Crippen LogP contribution in [0.25, 0.3) is 5.69 Å². The maximum absolute atomic E-state index is 13.9. The summed E-state index contributed by atoms with van der Waals surface area (Å²) in [6, 6.07) is 10.2. The molecule has 8 nitrogen and oxygen atoms in total. The van der Waals surface area contributed by atoms with E-state index in [1.54, 1.807) is 47.8 Å². The topological polar surface area (TPSA) is 85.2 Å². The van der Waals surface area contributed by atoms with E-state index in [1.807, 2.05) is 6.07 Å². The molecule has 1 saturated carbocycles. The van der Waals surface area contributed by atoms with Gasteiger partial charge in [-0.05, 0) is 49.8 Å². The van der Waals surface area contributed by atoms with Crippen LogP contribution in [0, 0.1) is 11.7 Å². The van der Waals surface area contributed by atoms with E-state index in [2.05, 4.69) is 20.6 Å². The van der Waals surface area contributed by atoms with Gasteiger partial charge in [-0.25, -0.2) is 13.9 Å². The SMILES string of the molecule is O=C1OC2(CCC(CNc3ccn(-c4ccccc4F)n3)CC2)CN1c1ccnnc1. The lowest BCUT2D eigenvalue weighted by Gasteiger charge is -2.35. The molecule has 1 saturated heterocycles. The Bertz CT molecular complexity index is 1060. The summed E-state index contributed by atoms with van der Waals surface area (Å²) in [7, 11) is 0. The minimum Gasteiger partial charge on any atom is -0.441 e. The van der Waals surface area contributed by atoms with Crippen LogP contribution in [0.1, 0.15) is 25.7 Å². The summed E-state index contributed by atoms with van der Waals surface area (Å²) in [6.45, 7) is 1.32. The summed E-state index contributed by atoms with van der Waals surface area (Å²) < 4.78 is 21.3. The summed E-state index contributed by atoms with van der Waals surface area (Å²) in [5.41, 5.74) is 0.710. The Morgan fingerprint density at radius 2 is 2.00 bits per heavy atom. The van der Waals surface area contributed by atoms with E-state index in [0.29, 0.717) is 29.7 Å². The molecule has 31 heavy (non-hydrogen) atoms. The Hall–Kier alpha value is -3.49. The molecule has 160 valence electrons. The number of hydrogen-bond donors (Lipinski definition) is 1. The van der Waals surface area contributed by atoms with E-state index in [-0.39, 0.29) is 11.9 Å². The van der Waals surface area contributed by atoms with E-state index in [1.165, 1.54) is 10.7 Å². The van der Waals surface area contributed by atoms with Gasteiger partial charge in [-0.1, -0.05) is 12.1 Å². The summed E-state index contributed by atoms with van der Waals surface area (Å²) >= 11 is 0. The number of hydrogen-bond acceptors (Lipinski definition) is 6. The normalized spacial score (nSPS) is 23.2. The molecule has 1 aromatic carbocycles. The summed E-state index contributed by atoms with van der Waals surface area (Å²) in [5.74, 6) is 0.865. The second kappa shape index (κ2) is 7.98. The number of aromatic nitrogens is 4. The predicted octanol–water partition coefficient (Wildman–Crippen LogP) is 3.80. The van der Waals surface area contributed by atoms with Crippen LogP contribution >= 0.6 is 0 Å². The van der Waals surface area contributed by atoms with Gasteiger partial charge in [-0.3, -0.25) is 4.90 Å². The fraction of sp³-hybridized carbons (Fsp3) is 0.364. The van der Waals surface area contributed by atoms with Gasteiger partial charge < -0.3 is 10.1 Å². The minimum atomic E-state index is -0.427. The largest absolute Gasteiger partial charge is 0.441 e. The highest BCUT2D eigenvalue weighted by molar-refractivity contribution is 5.90. The van der Waals surface area contributed by atoms with Crippen LogP contribution in [0.2, 0.25) is 0 Å². The van der Waals surface area contributed by atoms with Crippen molar-refractivity contribution in [3.63, 3.8) is 0 Å². The summed E-state index contributed by atoms with van der Waals surface area (Å²) in [5, 5.41) is 15.4. The van der Waals surface area contributed by atoms with Gasteiger partial charge in [0.05, 0.1) is 24.6 Å². The lowest BCUT2D eigenvalue weighted by atomic mass is 9.78. The molecule has 0 unspecified atom stereocenters. The Kier molecular flexibility index (Phi) is 5.01. The Balaban J connectivity index is 1.15. The second-order valence-electron chi connectivity index (χ2n) is 8.16. The number of carbonyl (C=O) groups excluding carboxylic acids is 1. The smallest absolute Gasteiger partial charge is 0.415 e. The molecule has 1 aliphatic heterocycles. The molecule has 3 aromatic rings. The number of para-hydroxylation sites is 1. The van der Waals surface area contributed by atoms with Gasteiger partial charge in [0, 0.05) is 18.8 Å². The van der Waals surface area contributed by atoms with Crippen molar-refractivity contribution in [2.24, 2.45) is 5.92 Å². The molecule has 0 radical (unpaired) electrons. The predicted molar refractivity (Wildman–Crippen MR) is 113 cm³/mol. The van der Waals surface area contributed by atoms with Gasteiger partial charge in [0.25, 0.3) is 0 Å². The highest BCUT2D eigenvalue weighted by atomic mass is 19.1. The van der Waals surface area contributed by atoms with Crippen molar-refractivity contribution in [3.8, 4) is 5.69 Å². The van der Waals surface area contributed by atoms with E-state index >= 15 is 0 Å². The monoisotopic (exact) mass is 422 g/mol. The van der Waals surface area contributed by atoms with Gasteiger partial charge >= 0.3 is 6.09 Å². The molecule has 1 amide bonds. The van der Waals surface area contributed by atoms with Crippen molar-refractivity contribution < 1.29 is 13.9 Å². The molecule has 0 atom stereocenters. The van der Waals surface area contributed by atoms with Crippen molar-refractivity contribution in [2.45, 2.75) is 31.3 Å². The lowest BCUT2D eigenvalue weighted by molar-refractivity contribution is 0.0148. The average Bonchev–Trinajstić information content (AvgIpc) is 3.39. The molecule has 9 heteroatoms. The zero-order chi connectivity index (χ0) is 21.3. The van der Waals surface area contributed by atoms with Crippen molar-refractivity contribution in [1.29, 1.82) is 0 Å². The van der Waals surface area contributed by atoms with Crippen LogP contribution in [0.3, 0.4) is 0 Å². The molecule has 5 rings (SSSR count). The third kappa shape index (κ3) is 3.95. The zero-order valence-electron chi connectivity index (χ0n) is 16.9. The van der Waals surface area contributed by atoms with Crippen LogP contribution in [0.5, 0.6) is 0 Å². The quantitative estimate of drug-likeness (QED) is 0.673.